The number of nitrogens with zero attached hydrogens (tertiary/aromatic N) is 5. The van der Waals surface area contributed by atoms with Crippen molar-refractivity contribution >= 4 is 11.3 Å². The molecule has 1 N–H and O–H groups in total. The molecule has 4 atom stereocenters. The predicted molar refractivity (Wildman–Crippen MR) is 121 cm³/mol. The van der Waals surface area contributed by atoms with Gasteiger partial charge in [-0.25, -0.2) is 4.68 Å². The highest BCUT2D eigenvalue weighted by Gasteiger charge is 2.48. The van der Waals surface area contributed by atoms with Crippen LogP contribution in [0.1, 0.15) is 45.2 Å². The second-order valence-corrected chi connectivity index (χ2v) is 10.2. The van der Waals surface area contributed by atoms with Gasteiger partial charge in [-0.2, -0.15) is 5.10 Å². The van der Waals surface area contributed by atoms with Crippen LogP contribution in [-0.4, -0.2) is 54.7 Å². The number of aryl methyl sites for hydroxylation is 1. The van der Waals surface area contributed by atoms with Crippen LogP contribution >= 0.6 is 11.3 Å². The van der Waals surface area contributed by atoms with E-state index in [-0.39, 0.29) is 17.4 Å². The fraction of sp³-hybridized carbons (Fsp3) is 0.522. The van der Waals surface area contributed by atoms with Crippen LogP contribution in [0, 0.1) is 12.8 Å². The number of ether oxygens (including phenoxy) is 1. The summed E-state index contributed by atoms with van der Waals surface area (Å²) in [6.07, 6.45) is 6.56. The molecule has 2 aliphatic rings. The molecule has 164 valence electrons. The van der Waals surface area contributed by atoms with Gasteiger partial charge in [-0.3, -0.25) is 4.90 Å². The van der Waals surface area contributed by atoms with Crippen molar-refractivity contribution in [1.29, 1.82) is 0 Å². The van der Waals surface area contributed by atoms with E-state index in [9.17, 15) is 5.11 Å². The first kappa shape index (κ1) is 20.5. The lowest BCUT2D eigenvalue weighted by Crippen LogP contribution is -2.63. The smallest absolute Gasteiger partial charge is 0.294 e. The highest BCUT2D eigenvalue weighted by molar-refractivity contribution is 7.16. The number of benzene rings is 1. The minimum Gasteiger partial charge on any atom is -0.507 e. The van der Waals surface area contributed by atoms with E-state index in [2.05, 4.69) is 41.1 Å². The van der Waals surface area contributed by atoms with Crippen LogP contribution in [0.25, 0.3) is 16.3 Å². The third-order valence-electron chi connectivity index (χ3n) is 7.40. The molecular weight excluding hydrogens is 410 g/mol. The Morgan fingerprint density at radius 3 is 2.81 bits per heavy atom. The van der Waals surface area contributed by atoms with E-state index in [1.807, 2.05) is 31.3 Å². The summed E-state index contributed by atoms with van der Waals surface area (Å²) < 4.78 is 8.06. The third kappa shape index (κ3) is 3.61. The van der Waals surface area contributed by atoms with Crippen LogP contribution in [-0.2, 0) is 0 Å². The van der Waals surface area contributed by atoms with Gasteiger partial charge in [0.05, 0.1) is 16.9 Å². The number of aromatic nitrogens is 4. The average Bonchev–Trinajstić information content (AvgIpc) is 3.37. The number of phenolic OH excluding ortho intramolecular Hbond substituents is 1. The maximum Gasteiger partial charge on any atom is 0.294 e. The molecule has 2 aromatic heterocycles. The number of hydrogen-bond acceptors (Lipinski definition) is 7. The molecule has 0 amide bonds. The molecule has 0 spiro atoms. The summed E-state index contributed by atoms with van der Waals surface area (Å²) in [4.78, 5) is 2.56. The first-order valence-electron chi connectivity index (χ1n) is 10.9. The summed E-state index contributed by atoms with van der Waals surface area (Å²) in [5.41, 5.74) is 2.55. The third-order valence-corrected chi connectivity index (χ3v) is 8.24. The normalized spacial score (nSPS) is 28.6. The number of phenols is 1. The van der Waals surface area contributed by atoms with Crippen LogP contribution < -0.4 is 4.74 Å². The Hall–Kier alpha value is -2.45. The highest BCUT2D eigenvalue weighted by Crippen LogP contribution is 2.45. The molecule has 7 nitrogen and oxygen atoms in total. The Morgan fingerprint density at radius 1 is 1.23 bits per heavy atom. The molecule has 2 bridgehead atoms. The van der Waals surface area contributed by atoms with Crippen molar-refractivity contribution in [3.63, 3.8) is 0 Å². The van der Waals surface area contributed by atoms with E-state index >= 15 is 0 Å². The van der Waals surface area contributed by atoms with Gasteiger partial charge in [0.2, 0.25) is 0 Å². The summed E-state index contributed by atoms with van der Waals surface area (Å²) in [5.74, 6) is 0.808. The quantitative estimate of drug-likeness (QED) is 0.648. The first-order valence-corrected chi connectivity index (χ1v) is 11.7. The zero-order valence-electron chi connectivity index (χ0n) is 18.4. The number of rotatable bonds is 4. The van der Waals surface area contributed by atoms with Gasteiger partial charge >= 0.3 is 0 Å². The zero-order valence-corrected chi connectivity index (χ0v) is 19.3. The maximum absolute atomic E-state index is 10.6. The molecule has 4 unspecified atom stereocenters. The van der Waals surface area contributed by atoms with Crippen molar-refractivity contribution in [2.24, 2.45) is 5.92 Å². The Balaban J connectivity index is 1.33. The van der Waals surface area contributed by atoms with Gasteiger partial charge in [0.25, 0.3) is 5.19 Å². The van der Waals surface area contributed by atoms with Gasteiger partial charge in [-0.05, 0) is 64.3 Å². The Labute approximate surface area is 186 Å². The fourth-order valence-corrected chi connectivity index (χ4v) is 5.98. The molecule has 0 saturated carbocycles. The van der Waals surface area contributed by atoms with Crippen LogP contribution in [0.15, 0.2) is 30.5 Å². The Bertz CT molecular complexity index is 1100. The summed E-state index contributed by atoms with van der Waals surface area (Å²) in [6, 6.07) is 7.97. The topological polar surface area (TPSA) is 76.3 Å². The maximum atomic E-state index is 10.6. The molecule has 8 heteroatoms. The van der Waals surface area contributed by atoms with Crippen molar-refractivity contribution in [3.8, 4) is 27.2 Å². The first-order chi connectivity index (χ1) is 14.8. The standard InChI is InChI=1S/C23H29N5O2S/c1-14-5-6-16-11-18(13-23(14,3)27(16)4)30-22-25-24-21(31-22)19-8-7-17(12-20(19)29)28-10-9-15(2)26-28/h7-10,12,14,16,18,29H,5-6,11,13H2,1-4H3. The van der Waals surface area contributed by atoms with Gasteiger partial charge in [-0.15, -0.1) is 5.10 Å². The number of hydrogen-bond donors (Lipinski definition) is 1. The van der Waals surface area contributed by atoms with E-state index in [1.165, 1.54) is 24.2 Å². The lowest BCUT2D eigenvalue weighted by molar-refractivity contribution is -0.0841. The molecule has 31 heavy (non-hydrogen) atoms. The van der Waals surface area contributed by atoms with Crippen molar-refractivity contribution < 1.29 is 9.84 Å². The summed E-state index contributed by atoms with van der Waals surface area (Å²) in [6.45, 7) is 6.66. The number of piperidine rings is 2. The van der Waals surface area contributed by atoms with Gasteiger partial charge < -0.3 is 9.84 Å². The van der Waals surface area contributed by atoms with Crippen molar-refractivity contribution in [1.82, 2.24) is 24.9 Å². The van der Waals surface area contributed by atoms with Crippen molar-refractivity contribution in [3.05, 3.63) is 36.2 Å². The highest BCUT2D eigenvalue weighted by atomic mass is 32.1. The SMILES string of the molecule is Cc1ccn(-c2ccc(-c3nnc(OC4CC5CCC(C)C(C)(C4)N5C)s3)c(O)c2)n1. The van der Waals surface area contributed by atoms with Crippen molar-refractivity contribution in [2.75, 3.05) is 7.05 Å². The summed E-state index contributed by atoms with van der Waals surface area (Å²) >= 11 is 1.39. The second-order valence-electron chi connectivity index (χ2n) is 9.26. The van der Waals surface area contributed by atoms with E-state index in [0.717, 1.165) is 24.2 Å². The summed E-state index contributed by atoms with van der Waals surface area (Å²) in [7, 11) is 2.26. The molecule has 1 aromatic carbocycles. The number of aromatic hydroxyl groups is 1. The largest absolute Gasteiger partial charge is 0.507 e. The van der Waals surface area contributed by atoms with Crippen LogP contribution in [0.4, 0.5) is 0 Å². The minimum absolute atomic E-state index is 0.147. The van der Waals surface area contributed by atoms with E-state index in [4.69, 9.17) is 4.74 Å². The predicted octanol–water partition coefficient (Wildman–Crippen LogP) is 4.44. The molecule has 4 heterocycles. The molecule has 2 aliphatic heterocycles. The molecule has 0 radical (unpaired) electrons. The molecule has 0 aliphatic carbocycles. The van der Waals surface area contributed by atoms with Crippen molar-refractivity contribution in [2.45, 2.75) is 64.1 Å². The molecule has 2 fully saturated rings. The molecule has 5 rings (SSSR count). The second kappa shape index (κ2) is 7.60. The van der Waals surface area contributed by atoms with E-state index in [1.54, 1.807) is 10.7 Å². The number of fused-ring (bicyclic) bond motifs is 2. The van der Waals surface area contributed by atoms with Crippen LogP contribution in [0.2, 0.25) is 0 Å². The lowest BCUT2D eigenvalue weighted by Gasteiger charge is -2.56. The van der Waals surface area contributed by atoms with Gasteiger partial charge in [0.1, 0.15) is 11.9 Å². The Kier molecular flexibility index (Phi) is 5.01. The summed E-state index contributed by atoms with van der Waals surface area (Å²) in [5, 5.41) is 24.8. The minimum atomic E-state index is 0.147. The molecule has 3 aromatic rings. The van der Waals surface area contributed by atoms with Gasteiger partial charge in [-0.1, -0.05) is 23.4 Å². The fourth-order valence-electron chi connectivity index (χ4n) is 5.18. The van der Waals surface area contributed by atoms with E-state index < -0.39 is 0 Å². The lowest BCUT2D eigenvalue weighted by atomic mass is 9.68. The molecule has 2 saturated heterocycles. The Morgan fingerprint density at radius 2 is 2.06 bits per heavy atom. The molecular formula is C23H29N5O2S. The van der Waals surface area contributed by atoms with E-state index in [0.29, 0.717) is 27.7 Å². The van der Waals surface area contributed by atoms with Gasteiger partial charge in [0.15, 0.2) is 5.01 Å². The van der Waals surface area contributed by atoms with Crippen LogP contribution in [0.5, 0.6) is 10.9 Å². The van der Waals surface area contributed by atoms with Crippen LogP contribution in [0.3, 0.4) is 0 Å². The zero-order chi connectivity index (χ0) is 21.8. The van der Waals surface area contributed by atoms with Gasteiger partial charge in [0, 0.05) is 30.3 Å². The monoisotopic (exact) mass is 439 g/mol. The average molecular weight is 440 g/mol.